The highest BCUT2D eigenvalue weighted by molar-refractivity contribution is 8.13. The molecule has 7 heteroatoms. The molecule has 0 fully saturated rings. The van der Waals surface area contributed by atoms with Gasteiger partial charge in [0.25, 0.3) is 9.05 Å². The number of halogens is 1. The lowest BCUT2D eigenvalue weighted by atomic mass is 10.3. The number of hydrogen-bond donors (Lipinski definition) is 1. The van der Waals surface area contributed by atoms with Crippen LogP contribution in [0.3, 0.4) is 0 Å². The summed E-state index contributed by atoms with van der Waals surface area (Å²) in [7, 11) is 1.28. The standard InChI is InChI=1S/C7H5ClN2O3S/c8-14(11,12)7-2-1-6(13-7)5-3-4-9-10-5/h1-4H,(H,9,10). The highest BCUT2D eigenvalue weighted by Gasteiger charge is 2.16. The molecule has 2 heterocycles. The molecule has 2 aromatic rings. The Bertz CT molecular complexity index is 529. The lowest BCUT2D eigenvalue weighted by Gasteiger charge is -1.89. The zero-order valence-corrected chi connectivity index (χ0v) is 8.34. The largest absolute Gasteiger partial charge is 0.442 e. The Hall–Kier alpha value is -1.27. The molecule has 0 aliphatic heterocycles. The molecule has 5 nitrogen and oxygen atoms in total. The first-order chi connectivity index (χ1) is 6.57. The van der Waals surface area contributed by atoms with Crippen molar-refractivity contribution >= 4 is 19.7 Å². The first-order valence-corrected chi connectivity index (χ1v) is 5.92. The summed E-state index contributed by atoms with van der Waals surface area (Å²) in [5, 5.41) is 6.06. The van der Waals surface area contributed by atoms with Crippen LogP contribution in [-0.2, 0) is 9.05 Å². The van der Waals surface area contributed by atoms with E-state index in [2.05, 4.69) is 10.2 Å². The summed E-state index contributed by atoms with van der Waals surface area (Å²) >= 11 is 0. The van der Waals surface area contributed by atoms with Gasteiger partial charge in [-0.25, -0.2) is 8.42 Å². The summed E-state index contributed by atoms with van der Waals surface area (Å²) in [6.45, 7) is 0. The van der Waals surface area contributed by atoms with Gasteiger partial charge in [0, 0.05) is 16.9 Å². The van der Waals surface area contributed by atoms with Crippen LogP contribution in [0.2, 0.25) is 0 Å². The summed E-state index contributed by atoms with van der Waals surface area (Å²) in [6.07, 6.45) is 1.53. The molecule has 0 bridgehead atoms. The maximum absolute atomic E-state index is 10.9. The molecule has 74 valence electrons. The third-order valence-electron chi connectivity index (χ3n) is 1.59. The van der Waals surface area contributed by atoms with Gasteiger partial charge in [0.1, 0.15) is 5.69 Å². The molecule has 0 saturated carbocycles. The molecule has 0 saturated heterocycles. The van der Waals surface area contributed by atoms with Crippen molar-refractivity contribution in [3.63, 3.8) is 0 Å². The molecular formula is C7H5ClN2O3S. The van der Waals surface area contributed by atoms with Crippen LogP contribution in [-0.4, -0.2) is 18.6 Å². The van der Waals surface area contributed by atoms with E-state index in [1.165, 1.54) is 18.3 Å². The minimum atomic E-state index is -3.80. The van der Waals surface area contributed by atoms with Gasteiger partial charge in [-0.2, -0.15) is 5.10 Å². The van der Waals surface area contributed by atoms with Crippen LogP contribution in [0, 0.1) is 0 Å². The van der Waals surface area contributed by atoms with Gasteiger partial charge in [0.15, 0.2) is 5.76 Å². The Labute approximate surface area is 84.1 Å². The molecule has 0 aromatic carbocycles. The second kappa shape index (κ2) is 3.14. The fourth-order valence-electron chi connectivity index (χ4n) is 0.989. The Morgan fingerprint density at radius 1 is 1.36 bits per heavy atom. The maximum atomic E-state index is 10.9. The Morgan fingerprint density at radius 2 is 2.14 bits per heavy atom. The van der Waals surface area contributed by atoms with Crippen molar-refractivity contribution in [1.82, 2.24) is 10.2 Å². The quantitative estimate of drug-likeness (QED) is 0.798. The van der Waals surface area contributed by atoms with Crippen molar-refractivity contribution in [3.8, 4) is 11.5 Å². The minimum Gasteiger partial charge on any atom is -0.442 e. The summed E-state index contributed by atoms with van der Waals surface area (Å²) in [5.41, 5.74) is 0.594. The Morgan fingerprint density at radius 3 is 2.64 bits per heavy atom. The molecule has 14 heavy (non-hydrogen) atoms. The van der Waals surface area contributed by atoms with Gasteiger partial charge in [0.05, 0.1) is 0 Å². The Kier molecular flexibility index (Phi) is 2.09. The molecule has 0 aliphatic rings. The highest BCUT2D eigenvalue weighted by Crippen LogP contribution is 2.24. The summed E-state index contributed by atoms with van der Waals surface area (Å²) in [4.78, 5) is 0. The van der Waals surface area contributed by atoms with Crippen molar-refractivity contribution < 1.29 is 12.8 Å². The summed E-state index contributed by atoms with van der Waals surface area (Å²) in [6, 6.07) is 4.45. The third-order valence-corrected chi connectivity index (χ3v) is 2.74. The lowest BCUT2D eigenvalue weighted by molar-refractivity contribution is 0.465. The van der Waals surface area contributed by atoms with Gasteiger partial charge in [-0.1, -0.05) is 0 Å². The number of rotatable bonds is 2. The predicted molar refractivity (Wildman–Crippen MR) is 49.3 cm³/mol. The van der Waals surface area contributed by atoms with Crippen LogP contribution < -0.4 is 0 Å². The van der Waals surface area contributed by atoms with Crippen molar-refractivity contribution in [2.24, 2.45) is 0 Å². The fraction of sp³-hybridized carbons (Fsp3) is 0. The zero-order valence-electron chi connectivity index (χ0n) is 6.77. The van der Waals surface area contributed by atoms with Gasteiger partial charge in [-0.05, 0) is 18.2 Å². The van der Waals surface area contributed by atoms with Crippen molar-refractivity contribution in [3.05, 3.63) is 24.4 Å². The van der Waals surface area contributed by atoms with Gasteiger partial charge >= 0.3 is 0 Å². The number of aromatic amines is 1. The number of hydrogen-bond acceptors (Lipinski definition) is 4. The molecule has 0 radical (unpaired) electrons. The minimum absolute atomic E-state index is 0.274. The maximum Gasteiger partial charge on any atom is 0.294 e. The highest BCUT2D eigenvalue weighted by atomic mass is 35.7. The average molecular weight is 233 g/mol. The van der Waals surface area contributed by atoms with Crippen LogP contribution in [0.5, 0.6) is 0 Å². The summed E-state index contributed by atoms with van der Waals surface area (Å²) < 4.78 is 26.7. The van der Waals surface area contributed by atoms with Gasteiger partial charge in [0.2, 0.25) is 5.09 Å². The fourth-order valence-corrected chi connectivity index (χ4v) is 1.66. The first kappa shape index (κ1) is 9.29. The van der Waals surface area contributed by atoms with Crippen molar-refractivity contribution in [2.75, 3.05) is 0 Å². The number of nitrogens with zero attached hydrogens (tertiary/aromatic N) is 1. The lowest BCUT2D eigenvalue weighted by Crippen LogP contribution is -1.85. The SMILES string of the molecule is O=S(=O)(Cl)c1ccc(-c2ccn[nH]2)o1. The number of H-pyrrole nitrogens is 1. The van der Waals surface area contributed by atoms with Gasteiger partial charge in [-0.3, -0.25) is 5.10 Å². The molecule has 0 atom stereocenters. The summed E-state index contributed by atoms with van der Waals surface area (Å²) in [5.74, 6) is 0.377. The molecule has 2 aromatic heterocycles. The molecule has 2 rings (SSSR count). The molecule has 1 N–H and O–H groups in total. The molecule has 0 amide bonds. The second-order valence-electron chi connectivity index (χ2n) is 2.53. The molecule has 0 unspecified atom stereocenters. The van der Waals surface area contributed by atoms with Crippen LogP contribution in [0.1, 0.15) is 0 Å². The number of aromatic nitrogens is 2. The molecule has 0 spiro atoms. The van der Waals surface area contributed by atoms with Gasteiger partial charge in [-0.15, -0.1) is 0 Å². The van der Waals surface area contributed by atoms with Crippen LogP contribution in [0.15, 0.2) is 33.9 Å². The van der Waals surface area contributed by atoms with E-state index >= 15 is 0 Å². The van der Waals surface area contributed by atoms with Crippen molar-refractivity contribution in [1.29, 1.82) is 0 Å². The first-order valence-electron chi connectivity index (χ1n) is 3.61. The topological polar surface area (TPSA) is 76.0 Å². The molecule has 0 aliphatic carbocycles. The van der Waals surface area contributed by atoms with E-state index in [-0.39, 0.29) is 5.09 Å². The van der Waals surface area contributed by atoms with E-state index in [0.29, 0.717) is 11.5 Å². The smallest absolute Gasteiger partial charge is 0.294 e. The zero-order chi connectivity index (χ0) is 10.2. The predicted octanol–water partition coefficient (Wildman–Crippen LogP) is 1.60. The average Bonchev–Trinajstić information content (AvgIpc) is 2.73. The van der Waals surface area contributed by atoms with E-state index in [4.69, 9.17) is 15.1 Å². The van der Waals surface area contributed by atoms with Crippen LogP contribution >= 0.6 is 10.7 Å². The third kappa shape index (κ3) is 1.66. The van der Waals surface area contributed by atoms with E-state index in [1.54, 1.807) is 6.07 Å². The van der Waals surface area contributed by atoms with Crippen LogP contribution in [0.4, 0.5) is 0 Å². The Balaban J connectivity index is 2.46. The van der Waals surface area contributed by atoms with E-state index in [1.807, 2.05) is 0 Å². The van der Waals surface area contributed by atoms with Crippen LogP contribution in [0.25, 0.3) is 11.5 Å². The number of furan rings is 1. The number of nitrogens with one attached hydrogen (secondary N) is 1. The van der Waals surface area contributed by atoms with Gasteiger partial charge < -0.3 is 4.42 Å². The monoisotopic (exact) mass is 232 g/mol. The molecular weight excluding hydrogens is 228 g/mol. The van der Waals surface area contributed by atoms with Crippen molar-refractivity contribution in [2.45, 2.75) is 5.09 Å². The van der Waals surface area contributed by atoms with E-state index in [0.717, 1.165) is 0 Å². The normalized spacial score (nSPS) is 11.8. The van der Waals surface area contributed by atoms with E-state index < -0.39 is 9.05 Å². The second-order valence-corrected chi connectivity index (χ2v) is 5.02. The van der Waals surface area contributed by atoms with E-state index in [9.17, 15) is 8.42 Å².